The first kappa shape index (κ1) is 10.2. The van der Waals surface area contributed by atoms with Gasteiger partial charge in [0, 0.05) is 10.5 Å². The minimum absolute atomic E-state index is 0.529. The molecule has 15 heavy (non-hydrogen) atoms. The maximum atomic E-state index is 10.8. The van der Waals surface area contributed by atoms with Gasteiger partial charge < -0.3 is 0 Å². The van der Waals surface area contributed by atoms with Gasteiger partial charge in [0.25, 0.3) is 0 Å². The maximum Gasteiger partial charge on any atom is 0.188 e. The number of carbonyl (C=O) groups excluding carboxylic acids is 1. The summed E-state index contributed by atoms with van der Waals surface area (Å²) in [5.74, 6) is 0. The lowest BCUT2D eigenvalue weighted by molar-refractivity contribution is 0.112. The maximum absolute atomic E-state index is 10.8. The molecule has 0 bridgehead atoms. The van der Waals surface area contributed by atoms with E-state index in [0.717, 1.165) is 6.29 Å². The van der Waals surface area contributed by atoms with Crippen LogP contribution >= 0.6 is 23.4 Å². The molecular formula is C9H6ClN3OS. The third kappa shape index (κ3) is 2.19. The number of nitrogens with zero attached hydrogens (tertiary/aromatic N) is 2. The van der Waals surface area contributed by atoms with E-state index in [-0.39, 0.29) is 0 Å². The zero-order chi connectivity index (χ0) is 10.7. The molecule has 0 saturated carbocycles. The summed E-state index contributed by atoms with van der Waals surface area (Å²) in [5.41, 5.74) is 0.545. The quantitative estimate of drug-likeness (QED) is 0.836. The van der Waals surface area contributed by atoms with Crippen LogP contribution in [0.2, 0.25) is 5.02 Å². The van der Waals surface area contributed by atoms with Crippen molar-refractivity contribution in [3.8, 4) is 0 Å². The van der Waals surface area contributed by atoms with Gasteiger partial charge >= 0.3 is 0 Å². The van der Waals surface area contributed by atoms with Gasteiger partial charge in [-0.3, -0.25) is 9.89 Å². The van der Waals surface area contributed by atoms with Crippen molar-refractivity contribution in [2.24, 2.45) is 0 Å². The van der Waals surface area contributed by atoms with Crippen LogP contribution in [-0.4, -0.2) is 21.5 Å². The van der Waals surface area contributed by atoms with Crippen LogP contribution in [-0.2, 0) is 0 Å². The van der Waals surface area contributed by atoms with Crippen molar-refractivity contribution in [1.82, 2.24) is 15.2 Å². The lowest BCUT2D eigenvalue weighted by atomic mass is 10.2. The second-order valence-corrected chi connectivity index (χ2v) is 4.07. The summed E-state index contributed by atoms with van der Waals surface area (Å²) in [5, 5.41) is 7.54. The zero-order valence-electron chi connectivity index (χ0n) is 7.48. The van der Waals surface area contributed by atoms with E-state index in [4.69, 9.17) is 11.6 Å². The van der Waals surface area contributed by atoms with Crippen molar-refractivity contribution in [2.75, 3.05) is 0 Å². The van der Waals surface area contributed by atoms with E-state index in [1.165, 1.54) is 18.1 Å². The minimum Gasteiger partial charge on any atom is -0.298 e. The molecule has 0 aliphatic heterocycles. The number of aromatic amines is 1. The summed E-state index contributed by atoms with van der Waals surface area (Å²) in [6.07, 6.45) is 2.17. The molecule has 2 rings (SSSR count). The SMILES string of the molecule is O=Cc1cccc(Cl)c1Sc1ncn[nH]1. The molecule has 0 fully saturated rings. The Kier molecular flexibility index (Phi) is 3.03. The standard InChI is InChI=1S/C9H6ClN3OS/c10-7-3-1-2-6(4-14)8(7)15-9-11-5-12-13-9/h1-5H,(H,11,12,13). The number of hydrogen-bond acceptors (Lipinski definition) is 4. The lowest BCUT2D eigenvalue weighted by Gasteiger charge is -2.03. The van der Waals surface area contributed by atoms with Gasteiger partial charge in [-0.05, 0) is 17.8 Å². The van der Waals surface area contributed by atoms with Gasteiger partial charge in [0.05, 0.1) is 5.02 Å². The number of rotatable bonds is 3. The van der Waals surface area contributed by atoms with E-state index >= 15 is 0 Å². The number of carbonyl (C=O) groups is 1. The molecule has 1 N–H and O–H groups in total. The number of hydrogen-bond donors (Lipinski definition) is 1. The van der Waals surface area contributed by atoms with Crippen LogP contribution < -0.4 is 0 Å². The average molecular weight is 240 g/mol. The Labute approximate surface area is 95.1 Å². The molecule has 6 heteroatoms. The van der Waals surface area contributed by atoms with Crippen LogP contribution in [0, 0.1) is 0 Å². The smallest absolute Gasteiger partial charge is 0.188 e. The van der Waals surface area contributed by atoms with Crippen LogP contribution in [0.1, 0.15) is 10.4 Å². The summed E-state index contributed by atoms with van der Waals surface area (Å²) >= 11 is 7.26. The number of nitrogens with one attached hydrogen (secondary N) is 1. The molecule has 0 aliphatic rings. The topological polar surface area (TPSA) is 58.6 Å². The van der Waals surface area contributed by atoms with Gasteiger partial charge in [0.1, 0.15) is 6.33 Å². The van der Waals surface area contributed by atoms with Gasteiger partial charge in [-0.1, -0.05) is 23.7 Å². The van der Waals surface area contributed by atoms with Gasteiger partial charge in [-0.15, -0.1) is 0 Å². The number of halogens is 1. The summed E-state index contributed by atoms with van der Waals surface area (Å²) in [6.45, 7) is 0. The van der Waals surface area contributed by atoms with Crippen LogP contribution in [0.25, 0.3) is 0 Å². The van der Waals surface area contributed by atoms with Crippen molar-refractivity contribution < 1.29 is 4.79 Å². The summed E-state index contributed by atoms with van der Waals surface area (Å²) in [7, 11) is 0. The number of H-pyrrole nitrogens is 1. The first-order valence-electron chi connectivity index (χ1n) is 4.08. The fraction of sp³-hybridized carbons (Fsp3) is 0. The Bertz CT molecular complexity index is 472. The van der Waals surface area contributed by atoms with Crippen LogP contribution in [0.5, 0.6) is 0 Å². The van der Waals surface area contributed by atoms with E-state index < -0.39 is 0 Å². The molecule has 76 valence electrons. The first-order chi connectivity index (χ1) is 7.31. The molecule has 1 aromatic carbocycles. The Hall–Kier alpha value is -1.33. The third-order valence-electron chi connectivity index (χ3n) is 1.72. The lowest BCUT2D eigenvalue weighted by Crippen LogP contribution is -1.87. The Morgan fingerprint density at radius 2 is 2.33 bits per heavy atom. The van der Waals surface area contributed by atoms with E-state index in [9.17, 15) is 4.79 Å². The molecule has 2 aromatic rings. The van der Waals surface area contributed by atoms with Crippen LogP contribution in [0.4, 0.5) is 0 Å². The van der Waals surface area contributed by atoms with Crippen molar-refractivity contribution in [3.05, 3.63) is 35.1 Å². The summed E-state index contributed by atoms with van der Waals surface area (Å²) in [6, 6.07) is 5.17. The molecule has 0 radical (unpaired) electrons. The fourth-order valence-corrected chi connectivity index (χ4v) is 2.15. The predicted octanol–water partition coefficient (Wildman–Crippen LogP) is 2.42. The summed E-state index contributed by atoms with van der Waals surface area (Å²) < 4.78 is 0. The molecule has 4 nitrogen and oxygen atoms in total. The highest BCUT2D eigenvalue weighted by molar-refractivity contribution is 7.99. The second-order valence-electron chi connectivity index (χ2n) is 2.67. The monoisotopic (exact) mass is 239 g/mol. The summed E-state index contributed by atoms with van der Waals surface area (Å²) in [4.78, 5) is 15.4. The van der Waals surface area contributed by atoms with Crippen LogP contribution in [0.3, 0.4) is 0 Å². The molecule has 0 amide bonds. The Balaban J connectivity index is 2.38. The van der Waals surface area contributed by atoms with Gasteiger partial charge in [-0.2, -0.15) is 5.10 Å². The highest BCUT2D eigenvalue weighted by atomic mass is 35.5. The number of aldehydes is 1. The van der Waals surface area contributed by atoms with E-state index in [2.05, 4.69) is 15.2 Å². The molecule has 1 aromatic heterocycles. The zero-order valence-corrected chi connectivity index (χ0v) is 9.05. The van der Waals surface area contributed by atoms with Crippen molar-refractivity contribution >= 4 is 29.6 Å². The second kappa shape index (κ2) is 4.46. The first-order valence-corrected chi connectivity index (χ1v) is 5.27. The molecule has 0 aliphatic carbocycles. The van der Waals surface area contributed by atoms with E-state index in [0.29, 0.717) is 20.6 Å². The minimum atomic E-state index is 0.529. The fourth-order valence-electron chi connectivity index (χ4n) is 1.07. The normalized spacial score (nSPS) is 10.2. The Morgan fingerprint density at radius 1 is 1.47 bits per heavy atom. The molecule has 0 unspecified atom stereocenters. The van der Waals surface area contributed by atoms with E-state index in [1.807, 2.05) is 0 Å². The molecule has 0 atom stereocenters. The van der Waals surface area contributed by atoms with Crippen LogP contribution in [0.15, 0.2) is 34.6 Å². The Morgan fingerprint density at radius 3 is 3.00 bits per heavy atom. The van der Waals surface area contributed by atoms with Crippen molar-refractivity contribution in [3.63, 3.8) is 0 Å². The largest absolute Gasteiger partial charge is 0.298 e. The van der Waals surface area contributed by atoms with Gasteiger partial charge in [-0.25, -0.2) is 4.98 Å². The van der Waals surface area contributed by atoms with E-state index in [1.54, 1.807) is 18.2 Å². The molecular weight excluding hydrogens is 234 g/mol. The highest BCUT2D eigenvalue weighted by Crippen LogP contribution is 2.33. The average Bonchev–Trinajstić information content (AvgIpc) is 2.74. The van der Waals surface area contributed by atoms with Crippen molar-refractivity contribution in [1.29, 1.82) is 0 Å². The molecule has 1 heterocycles. The molecule has 0 saturated heterocycles. The molecule has 0 spiro atoms. The number of benzene rings is 1. The van der Waals surface area contributed by atoms with Gasteiger partial charge in [0.2, 0.25) is 0 Å². The number of aromatic nitrogens is 3. The third-order valence-corrected chi connectivity index (χ3v) is 3.19. The van der Waals surface area contributed by atoms with Crippen molar-refractivity contribution in [2.45, 2.75) is 10.1 Å². The highest BCUT2D eigenvalue weighted by Gasteiger charge is 2.09. The predicted molar refractivity (Wildman–Crippen MR) is 57.3 cm³/mol. The van der Waals surface area contributed by atoms with Gasteiger partial charge in [0.15, 0.2) is 11.4 Å².